The molecule has 0 radical (unpaired) electrons. The summed E-state index contributed by atoms with van der Waals surface area (Å²) in [6, 6.07) is 0.00688. The topological polar surface area (TPSA) is 151 Å². The summed E-state index contributed by atoms with van der Waals surface area (Å²) < 4.78 is 7.93. The quantitative estimate of drug-likeness (QED) is 0.285. The van der Waals surface area contributed by atoms with Gasteiger partial charge in [-0.15, -0.1) is 10.2 Å². The number of nitrogens with one attached hydrogen (secondary N) is 1. The fourth-order valence-corrected chi connectivity index (χ4v) is 5.05. The zero-order chi connectivity index (χ0) is 21.4. The van der Waals surface area contributed by atoms with E-state index in [0.29, 0.717) is 22.7 Å². The molecule has 4 N–H and O–H groups in total. The lowest BCUT2D eigenvalue weighted by Gasteiger charge is -2.17. The number of aliphatic hydroxyl groups is 3. The third-order valence-electron chi connectivity index (χ3n) is 4.53. The molecule has 0 aliphatic carbocycles. The van der Waals surface area contributed by atoms with Crippen LogP contribution < -0.4 is 5.32 Å². The lowest BCUT2D eigenvalue weighted by molar-refractivity contribution is -0.0511. The van der Waals surface area contributed by atoms with Crippen molar-refractivity contribution in [2.75, 3.05) is 17.7 Å². The van der Waals surface area contributed by atoms with Gasteiger partial charge >= 0.3 is 0 Å². The maximum atomic E-state index is 10.3. The zero-order valence-corrected chi connectivity index (χ0v) is 18.4. The normalized spacial score (nSPS) is 25.1. The molecule has 5 atom stereocenters. The number of nitrogens with zero attached hydrogens (tertiary/aromatic N) is 6. The third-order valence-corrected chi connectivity index (χ3v) is 6.93. The van der Waals surface area contributed by atoms with Crippen LogP contribution in [0.1, 0.15) is 18.2 Å². The van der Waals surface area contributed by atoms with Crippen molar-refractivity contribution in [2.45, 2.75) is 48.8 Å². The van der Waals surface area contributed by atoms with Gasteiger partial charge in [0.25, 0.3) is 0 Å². The van der Waals surface area contributed by atoms with Crippen molar-refractivity contribution in [1.29, 1.82) is 0 Å². The predicted molar refractivity (Wildman–Crippen MR) is 112 cm³/mol. The number of imidazole rings is 1. The minimum Gasteiger partial charge on any atom is -0.394 e. The number of anilines is 1. The highest BCUT2D eigenvalue weighted by atomic mass is 35.5. The summed E-state index contributed by atoms with van der Waals surface area (Å²) >= 11 is 9.24. The first kappa shape index (κ1) is 21.6. The summed E-state index contributed by atoms with van der Waals surface area (Å²) in [6.45, 7) is 3.48. The number of aromatic nitrogens is 6. The van der Waals surface area contributed by atoms with Gasteiger partial charge in [-0.25, -0.2) is 4.98 Å². The van der Waals surface area contributed by atoms with Crippen LogP contribution in [-0.2, 0) is 4.74 Å². The monoisotopic (exact) mass is 473 g/mol. The maximum Gasteiger partial charge on any atom is 0.226 e. The van der Waals surface area contributed by atoms with Gasteiger partial charge in [0, 0.05) is 11.8 Å². The Labute approximate surface area is 184 Å². The zero-order valence-electron chi connectivity index (χ0n) is 16.0. The fraction of sp³-hybridized carbons (Fsp3) is 0.562. The number of thioether (sulfide) groups is 1. The molecular weight excluding hydrogens is 454 g/mol. The van der Waals surface area contributed by atoms with E-state index in [1.165, 1.54) is 22.2 Å². The molecule has 1 fully saturated rings. The van der Waals surface area contributed by atoms with Crippen LogP contribution in [-0.4, -0.2) is 81.7 Å². The first-order valence-corrected chi connectivity index (χ1v) is 11.3. The Bertz CT molecular complexity index is 1030. The van der Waals surface area contributed by atoms with Crippen molar-refractivity contribution in [3.63, 3.8) is 0 Å². The van der Waals surface area contributed by atoms with Gasteiger partial charge in [0.15, 0.2) is 27.5 Å². The summed E-state index contributed by atoms with van der Waals surface area (Å²) in [5.74, 6) is 1.16. The highest BCUT2D eigenvalue weighted by molar-refractivity contribution is 8.01. The third kappa shape index (κ3) is 4.23. The standard InChI is InChI=1S/C16H20ClN7O4S2/c1-6(4-29-16-23-22-7(2)30-16)19-12-9-13(21-15(17)20-12)24(5-18-9)14-11(27)10(26)8(3-25)28-14/h5-6,8,10-11,14,25-27H,3-4H2,1-2H3,(H,19,20,21)/t6?,8-,10?,11?,14-/m1/s1. The lowest BCUT2D eigenvalue weighted by Crippen LogP contribution is -2.33. The van der Waals surface area contributed by atoms with Crippen molar-refractivity contribution >= 4 is 51.7 Å². The Kier molecular flexibility index (Phi) is 6.39. The van der Waals surface area contributed by atoms with E-state index in [4.69, 9.17) is 16.3 Å². The van der Waals surface area contributed by atoms with Crippen molar-refractivity contribution in [2.24, 2.45) is 0 Å². The first-order valence-electron chi connectivity index (χ1n) is 9.09. The summed E-state index contributed by atoms with van der Waals surface area (Å²) in [4.78, 5) is 12.8. The van der Waals surface area contributed by atoms with Gasteiger partial charge in [0.2, 0.25) is 5.28 Å². The van der Waals surface area contributed by atoms with Gasteiger partial charge in [-0.1, -0.05) is 23.1 Å². The van der Waals surface area contributed by atoms with Gasteiger partial charge in [-0.3, -0.25) is 4.57 Å². The molecule has 4 heterocycles. The molecule has 4 rings (SSSR count). The summed E-state index contributed by atoms with van der Waals surface area (Å²) in [5, 5.41) is 42.0. The molecule has 1 saturated heterocycles. The first-order chi connectivity index (χ1) is 14.4. The van der Waals surface area contributed by atoms with E-state index >= 15 is 0 Å². The number of aryl methyl sites for hydroxylation is 1. The van der Waals surface area contributed by atoms with Crippen LogP contribution in [0.5, 0.6) is 0 Å². The molecule has 0 aromatic carbocycles. The van der Waals surface area contributed by atoms with E-state index in [1.807, 2.05) is 13.8 Å². The van der Waals surface area contributed by atoms with Crippen molar-refractivity contribution in [3.05, 3.63) is 16.6 Å². The number of hydrogen-bond donors (Lipinski definition) is 4. The lowest BCUT2D eigenvalue weighted by atomic mass is 10.1. The Balaban J connectivity index is 1.55. The van der Waals surface area contributed by atoms with Gasteiger partial charge < -0.3 is 25.4 Å². The van der Waals surface area contributed by atoms with Crippen LogP contribution in [0, 0.1) is 6.92 Å². The predicted octanol–water partition coefficient (Wildman–Crippen LogP) is 0.844. The van der Waals surface area contributed by atoms with Crippen LogP contribution in [0.4, 0.5) is 5.82 Å². The van der Waals surface area contributed by atoms with Gasteiger partial charge in [-0.2, -0.15) is 9.97 Å². The fourth-order valence-electron chi connectivity index (χ4n) is 3.09. The van der Waals surface area contributed by atoms with Crippen LogP contribution >= 0.6 is 34.7 Å². The van der Waals surface area contributed by atoms with Crippen molar-refractivity contribution < 1.29 is 20.1 Å². The van der Waals surface area contributed by atoms with E-state index in [1.54, 1.807) is 11.8 Å². The smallest absolute Gasteiger partial charge is 0.226 e. The molecule has 3 aromatic heterocycles. The SMILES string of the molecule is Cc1nnc(SCC(C)Nc2nc(Cl)nc3c2ncn3[C@@H]2O[C@H](CO)C(O)C2O)s1. The number of rotatable bonds is 7. The van der Waals surface area contributed by atoms with E-state index < -0.39 is 31.1 Å². The highest BCUT2D eigenvalue weighted by Gasteiger charge is 2.44. The number of hydrogen-bond acceptors (Lipinski definition) is 12. The molecule has 0 amide bonds. The Morgan fingerprint density at radius 3 is 2.80 bits per heavy atom. The van der Waals surface area contributed by atoms with Gasteiger partial charge in [0.05, 0.1) is 12.9 Å². The number of halogens is 1. The molecule has 11 nitrogen and oxygen atoms in total. The van der Waals surface area contributed by atoms with Crippen LogP contribution in [0.3, 0.4) is 0 Å². The summed E-state index contributed by atoms with van der Waals surface area (Å²) in [6.07, 6.45) is -2.92. The van der Waals surface area contributed by atoms with Crippen LogP contribution in [0.25, 0.3) is 11.2 Å². The molecule has 3 aromatic rings. The Hall–Kier alpha value is -1.61. The van der Waals surface area contributed by atoms with Gasteiger partial charge in [-0.05, 0) is 25.4 Å². The van der Waals surface area contributed by atoms with E-state index in [2.05, 4.69) is 30.5 Å². The number of ether oxygens (including phenoxy) is 1. The van der Waals surface area contributed by atoms with E-state index in [9.17, 15) is 15.3 Å². The molecule has 0 saturated carbocycles. The van der Waals surface area contributed by atoms with E-state index in [0.717, 1.165) is 9.35 Å². The molecule has 0 spiro atoms. The molecule has 1 aliphatic rings. The molecule has 14 heteroatoms. The second-order valence-electron chi connectivity index (χ2n) is 6.84. The molecular formula is C16H20ClN7O4S2. The molecule has 3 unspecified atom stereocenters. The molecule has 0 bridgehead atoms. The minimum absolute atomic E-state index is 0.00176. The molecule has 30 heavy (non-hydrogen) atoms. The van der Waals surface area contributed by atoms with Gasteiger partial charge in [0.1, 0.15) is 23.3 Å². The average molecular weight is 474 g/mol. The van der Waals surface area contributed by atoms with Crippen LogP contribution in [0.15, 0.2) is 10.7 Å². The molecule has 162 valence electrons. The largest absolute Gasteiger partial charge is 0.394 e. The van der Waals surface area contributed by atoms with Crippen LogP contribution in [0.2, 0.25) is 5.28 Å². The summed E-state index contributed by atoms with van der Waals surface area (Å²) in [5.41, 5.74) is 0.785. The maximum absolute atomic E-state index is 10.3. The van der Waals surface area contributed by atoms with Crippen molar-refractivity contribution in [3.8, 4) is 0 Å². The Morgan fingerprint density at radius 1 is 1.33 bits per heavy atom. The van der Waals surface area contributed by atoms with Crippen molar-refractivity contribution in [1.82, 2.24) is 29.7 Å². The highest BCUT2D eigenvalue weighted by Crippen LogP contribution is 2.33. The second kappa shape index (κ2) is 8.86. The minimum atomic E-state index is -1.25. The Morgan fingerprint density at radius 2 is 2.13 bits per heavy atom. The second-order valence-corrected chi connectivity index (χ2v) is 9.62. The average Bonchev–Trinajstić information content (AvgIpc) is 3.39. The van der Waals surface area contributed by atoms with E-state index in [-0.39, 0.29) is 11.3 Å². The number of aliphatic hydroxyl groups excluding tert-OH is 3. The number of fused-ring (bicyclic) bond motifs is 1. The summed E-state index contributed by atoms with van der Waals surface area (Å²) in [7, 11) is 0. The molecule has 1 aliphatic heterocycles.